The van der Waals surface area contributed by atoms with Gasteiger partial charge in [-0.05, 0) is 43.3 Å². The third-order valence-electron chi connectivity index (χ3n) is 5.48. The van der Waals surface area contributed by atoms with E-state index in [4.69, 9.17) is 69.6 Å². The van der Waals surface area contributed by atoms with Crippen LogP contribution in [0.1, 0.15) is 48.4 Å². The first-order valence-electron chi connectivity index (χ1n) is 10.1. The van der Waals surface area contributed by atoms with Gasteiger partial charge < -0.3 is 0 Å². The second-order valence-corrected chi connectivity index (χ2v) is 9.96. The van der Waals surface area contributed by atoms with Crippen molar-refractivity contribution >= 4 is 93.1 Å². The predicted octanol–water partition coefficient (Wildman–Crippen LogP) is 7.53. The molecule has 36 heavy (non-hydrogen) atoms. The fourth-order valence-corrected chi connectivity index (χ4v) is 5.05. The zero-order valence-electron chi connectivity index (χ0n) is 18.0. The molecule has 0 spiro atoms. The molecule has 3 amide bonds. The Morgan fingerprint density at radius 1 is 0.750 bits per heavy atom. The number of hydrogen-bond donors (Lipinski definition) is 0. The highest BCUT2D eigenvalue weighted by molar-refractivity contribution is 6.55. The van der Waals surface area contributed by atoms with Crippen LogP contribution in [0.15, 0.2) is 48.5 Å². The minimum Gasteiger partial charge on any atom is -0.292 e. The maximum absolute atomic E-state index is 13.7. The van der Waals surface area contributed by atoms with Gasteiger partial charge in [0, 0.05) is 10.6 Å². The highest BCUT2D eigenvalue weighted by Gasteiger charge is 2.48. The number of Topliss-reactive ketones (excluding diaryl/α,β-unsaturated/α-hetero) is 1. The number of nitrogens with zero attached hydrogens (tertiary/aromatic N) is 2. The summed E-state index contributed by atoms with van der Waals surface area (Å²) in [5.41, 5.74) is -0.560. The number of carbonyl (C=O) groups is 4. The number of hydrazine groups is 1. The van der Waals surface area contributed by atoms with Gasteiger partial charge in [0.1, 0.15) is 6.04 Å². The SMILES string of the molecule is C[C@@H](C(=O)c1ccc(Cl)cc1)N(C(=O)c1ccccc1Cl)N1C(=O)c2c(Cl)c(Cl)c(Cl)c(Cl)c2C1=O. The molecule has 1 heterocycles. The zero-order chi connectivity index (χ0) is 26.5. The van der Waals surface area contributed by atoms with E-state index in [1.54, 1.807) is 12.1 Å². The number of imide groups is 1. The topological polar surface area (TPSA) is 74.8 Å². The van der Waals surface area contributed by atoms with Gasteiger partial charge in [0.25, 0.3) is 17.7 Å². The number of halogens is 6. The van der Waals surface area contributed by atoms with E-state index in [9.17, 15) is 19.2 Å². The lowest BCUT2D eigenvalue weighted by atomic mass is 10.0. The van der Waals surface area contributed by atoms with Crippen LogP contribution in [-0.2, 0) is 0 Å². The van der Waals surface area contributed by atoms with E-state index in [1.807, 2.05) is 0 Å². The van der Waals surface area contributed by atoms with Crippen LogP contribution in [0.4, 0.5) is 0 Å². The van der Waals surface area contributed by atoms with Crippen molar-refractivity contribution in [1.29, 1.82) is 0 Å². The normalized spacial score (nSPS) is 13.6. The molecule has 1 aliphatic heterocycles. The van der Waals surface area contributed by atoms with Crippen LogP contribution in [0.25, 0.3) is 0 Å². The van der Waals surface area contributed by atoms with Crippen LogP contribution in [0.2, 0.25) is 30.1 Å². The Morgan fingerprint density at radius 2 is 1.25 bits per heavy atom. The van der Waals surface area contributed by atoms with Gasteiger partial charge in [-0.25, -0.2) is 5.01 Å². The molecule has 3 aromatic carbocycles. The number of fused-ring (bicyclic) bond motifs is 1. The molecular weight excluding hydrogens is 593 g/mol. The molecule has 0 bridgehead atoms. The lowest BCUT2D eigenvalue weighted by molar-refractivity contribution is -0.00679. The van der Waals surface area contributed by atoms with E-state index in [0.29, 0.717) is 10.0 Å². The molecule has 6 nitrogen and oxygen atoms in total. The molecule has 1 aliphatic rings. The van der Waals surface area contributed by atoms with E-state index < -0.39 is 29.5 Å². The number of benzene rings is 3. The molecule has 184 valence electrons. The van der Waals surface area contributed by atoms with Crippen LogP contribution < -0.4 is 0 Å². The summed E-state index contributed by atoms with van der Waals surface area (Å²) in [7, 11) is 0. The van der Waals surface area contributed by atoms with Crippen LogP contribution in [0.3, 0.4) is 0 Å². The summed E-state index contributed by atoms with van der Waals surface area (Å²) in [6.07, 6.45) is 0. The molecule has 0 N–H and O–H groups in total. The Balaban J connectivity index is 1.88. The number of carbonyl (C=O) groups excluding carboxylic acids is 4. The molecule has 0 aliphatic carbocycles. The number of rotatable bonds is 5. The van der Waals surface area contributed by atoms with Crippen LogP contribution in [0, 0.1) is 0 Å². The lowest BCUT2D eigenvalue weighted by Gasteiger charge is -2.34. The Hall–Kier alpha value is -2.32. The predicted molar refractivity (Wildman–Crippen MR) is 140 cm³/mol. The summed E-state index contributed by atoms with van der Waals surface area (Å²) in [5, 5.41) is 0.543. The van der Waals surface area contributed by atoms with Crippen molar-refractivity contribution in [1.82, 2.24) is 10.0 Å². The molecule has 0 aromatic heterocycles. The van der Waals surface area contributed by atoms with Crippen molar-refractivity contribution in [2.24, 2.45) is 0 Å². The summed E-state index contributed by atoms with van der Waals surface area (Å²) in [4.78, 5) is 54.2. The molecule has 0 unspecified atom stereocenters. The Kier molecular flexibility index (Phi) is 7.58. The quantitative estimate of drug-likeness (QED) is 0.131. The number of hydrogen-bond acceptors (Lipinski definition) is 4. The summed E-state index contributed by atoms with van der Waals surface area (Å²) in [6, 6.07) is 10.5. The average molecular weight is 605 g/mol. The first-order chi connectivity index (χ1) is 17.0. The second kappa shape index (κ2) is 10.2. The fourth-order valence-electron chi connectivity index (χ4n) is 3.70. The van der Waals surface area contributed by atoms with Gasteiger partial charge in [-0.2, -0.15) is 5.01 Å². The molecular formula is C24H12Cl6N2O4. The summed E-state index contributed by atoms with van der Waals surface area (Å²) >= 11 is 36.8. The average Bonchev–Trinajstić information content (AvgIpc) is 3.12. The third-order valence-corrected chi connectivity index (χ3v) is 7.87. The van der Waals surface area contributed by atoms with Crippen molar-refractivity contribution in [2.45, 2.75) is 13.0 Å². The van der Waals surface area contributed by atoms with Gasteiger partial charge >= 0.3 is 0 Å². The molecule has 0 fully saturated rings. The van der Waals surface area contributed by atoms with Crippen molar-refractivity contribution in [3.8, 4) is 0 Å². The first-order valence-corrected chi connectivity index (χ1v) is 12.4. The largest absolute Gasteiger partial charge is 0.292 e. The molecule has 1 atom stereocenters. The van der Waals surface area contributed by atoms with Gasteiger partial charge in [-0.3, -0.25) is 19.2 Å². The zero-order valence-corrected chi connectivity index (χ0v) is 22.5. The Labute approximate surface area is 235 Å². The number of ketones is 1. The van der Waals surface area contributed by atoms with Crippen LogP contribution >= 0.6 is 69.6 Å². The molecule has 0 saturated carbocycles. The Bertz CT molecular complexity index is 1410. The molecule has 3 aromatic rings. The van der Waals surface area contributed by atoms with E-state index in [-0.39, 0.29) is 47.4 Å². The van der Waals surface area contributed by atoms with Crippen LogP contribution in [0.5, 0.6) is 0 Å². The fraction of sp³-hybridized carbons (Fsp3) is 0.0833. The smallest absolute Gasteiger partial charge is 0.282 e. The highest BCUT2D eigenvalue weighted by Crippen LogP contribution is 2.45. The van der Waals surface area contributed by atoms with Crippen molar-refractivity contribution < 1.29 is 19.2 Å². The molecule has 4 rings (SSSR count). The molecule has 12 heteroatoms. The maximum atomic E-state index is 13.7. The van der Waals surface area contributed by atoms with E-state index in [2.05, 4.69) is 0 Å². The Morgan fingerprint density at radius 3 is 1.75 bits per heavy atom. The van der Waals surface area contributed by atoms with E-state index in [0.717, 1.165) is 5.01 Å². The standard InChI is InChI=1S/C24H12Cl6N2O4/c1-10(21(33)11-6-8-12(25)9-7-11)31(22(34)13-4-2-3-5-14(13)26)32-23(35)15-16(24(32)36)18(28)20(30)19(29)17(15)27/h2-10H,1H3/t10-/m0/s1. The monoisotopic (exact) mass is 602 g/mol. The second-order valence-electron chi connectivity index (χ2n) is 7.60. The van der Waals surface area contributed by atoms with Crippen molar-refractivity contribution in [3.05, 3.63) is 101 Å². The number of amides is 3. The third kappa shape index (κ3) is 4.36. The summed E-state index contributed by atoms with van der Waals surface area (Å²) < 4.78 is 0. The van der Waals surface area contributed by atoms with Crippen LogP contribution in [-0.4, -0.2) is 39.6 Å². The van der Waals surface area contributed by atoms with Gasteiger partial charge in [0.05, 0.1) is 41.8 Å². The minimum atomic E-state index is -1.36. The van der Waals surface area contributed by atoms with E-state index in [1.165, 1.54) is 43.3 Å². The van der Waals surface area contributed by atoms with Gasteiger partial charge in [0.2, 0.25) is 0 Å². The maximum Gasteiger partial charge on any atom is 0.282 e. The van der Waals surface area contributed by atoms with Crippen molar-refractivity contribution in [3.63, 3.8) is 0 Å². The molecule has 0 saturated heterocycles. The molecule has 0 radical (unpaired) electrons. The lowest BCUT2D eigenvalue weighted by Crippen LogP contribution is -2.56. The first kappa shape index (κ1) is 26.7. The minimum absolute atomic E-state index is 0.0393. The summed E-state index contributed by atoms with van der Waals surface area (Å²) in [6.45, 7) is 1.36. The van der Waals surface area contributed by atoms with Gasteiger partial charge in [0.15, 0.2) is 5.78 Å². The van der Waals surface area contributed by atoms with Crippen molar-refractivity contribution in [2.75, 3.05) is 0 Å². The van der Waals surface area contributed by atoms with Gasteiger partial charge in [-0.15, -0.1) is 0 Å². The van der Waals surface area contributed by atoms with E-state index >= 15 is 0 Å². The summed E-state index contributed by atoms with van der Waals surface area (Å²) in [5.74, 6) is -3.51. The van der Waals surface area contributed by atoms with Gasteiger partial charge in [-0.1, -0.05) is 81.7 Å². The highest BCUT2D eigenvalue weighted by atomic mass is 35.5.